The van der Waals surface area contributed by atoms with Crippen LogP contribution >= 0.6 is 11.6 Å². The number of anilines is 1. The summed E-state index contributed by atoms with van der Waals surface area (Å²) in [6.07, 6.45) is 3.46. The monoisotopic (exact) mass is 428 g/mol. The highest BCUT2D eigenvalue weighted by atomic mass is 35.5. The fraction of sp³-hybridized carbons (Fsp3) is 0.238. The SMILES string of the molecule is CCC(C(=O)Nc1cc(Oc2cc(C)ccc2C)cc([N+](=O)[O-])c1)n1cc(Cl)cn1. The Labute approximate surface area is 178 Å². The second kappa shape index (κ2) is 8.96. The number of hydrogen-bond acceptors (Lipinski definition) is 5. The maximum atomic E-state index is 12.8. The van der Waals surface area contributed by atoms with Crippen molar-refractivity contribution in [2.45, 2.75) is 33.2 Å². The van der Waals surface area contributed by atoms with E-state index in [1.54, 1.807) is 12.3 Å². The first-order valence-electron chi connectivity index (χ1n) is 9.32. The van der Waals surface area contributed by atoms with E-state index in [-0.39, 0.29) is 23.0 Å². The Bertz CT molecular complexity index is 1100. The molecule has 0 saturated heterocycles. The van der Waals surface area contributed by atoms with Crippen molar-refractivity contribution in [3.63, 3.8) is 0 Å². The van der Waals surface area contributed by atoms with Gasteiger partial charge in [0.25, 0.3) is 5.69 Å². The minimum absolute atomic E-state index is 0.191. The molecule has 30 heavy (non-hydrogen) atoms. The standard InChI is InChI=1S/C21H21ClN4O4/c1-4-19(25-12-15(22)11-23-25)21(27)24-16-8-17(26(28)29)10-18(9-16)30-20-7-13(2)5-6-14(20)3/h5-12,19H,4H2,1-3H3,(H,24,27). The molecule has 0 radical (unpaired) electrons. The van der Waals surface area contributed by atoms with E-state index in [2.05, 4.69) is 10.4 Å². The first-order valence-corrected chi connectivity index (χ1v) is 9.69. The van der Waals surface area contributed by atoms with Crippen LogP contribution in [0.2, 0.25) is 5.02 Å². The molecular weight excluding hydrogens is 408 g/mol. The summed E-state index contributed by atoms with van der Waals surface area (Å²) in [5, 5.41) is 18.6. The van der Waals surface area contributed by atoms with Gasteiger partial charge in [0, 0.05) is 18.3 Å². The summed E-state index contributed by atoms with van der Waals surface area (Å²) in [4.78, 5) is 23.6. The first-order chi connectivity index (χ1) is 14.3. The van der Waals surface area contributed by atoms with E-state index in [1.165, 1.54) is 23.0 Å². The fourth-order valence-electron chi connectivity index (χ4n) is 2.97. The number of aromatic nitrogens is 2. The molecule has 0 aliphatic heterocycles. The van der Waals surface area contributed by atoms with Crippen LogP contribution in [0.15, 0.2) is 48.8 Å². The third-order valence-electron chi connectivity index (χ3n) is 4.52. The van der Waals surface area contributed by atoms with Gasteiger partial charge in [0.05, 0.1) is 27.9 Å². The van der Waals surface area contributed by atoms with Crippen molar-refractivity contribution in [3.05, 3.63) is 75.1 Å². The van der Waals surface area contributed by atoms with Gasteiger partial charge in [0.15, 0.2) is 0 Å². The predicted molar refractivity (Wildman–Crippen MR) is 114 cm³/mol. The summed E-state index contributed by atoms with van der Waals surface area (Å²) in [6, 6.07) is 9.26. The van der Waals surface area contributed by atoms with Gasteiger partial charge in [-0.1, -0.05) is 30.7 Å². The van der Waals surface area contributed by atoms with Crippen LogP contribution in [0.5, 0.6) is 11.5 Å². The summed E-state index contributed by atoms with van der Waals surface area (Å²) in [5.74, 6) is 0.476. The predicted octanol–water partition coefficient (Wildman–Crippen LogP) is 5.44. The molecule has 9 heteroatoms. The molecule has 1 N–H and O–H groups in total. The second-order valence-corrected chi connectivity index (χ2v) is 7.33. The van der Waals surface area contributed by atoms with Gasteiger partial charge in [0.2, 0.25) is 5.91 Å². The van der Waals surface area contributed by atoms with Crippen molar-refractivity contribution in [2.75, 3.05) is 5.32 Å². The summed E-state index contributed by atoms with van der Waals surface area (Å²) >= 11 is 5.90. The highest BCUT2D eigenvalue weighted by Gasteiger charge is 2.21. The number of aryl methyl sites for hydroxylation is 2. The molecule has 3 aromatic rings. The molecule has 156 valence electrons. The molecule has 1 amide bonds. The number of carbonyl (C=O) groups is 1. The van der Waals surface area contributed by atoms with Crippen molar-refractivity contribution in [3.8, 4) is 11.5 Å². The Balaban J connectivity index is 1.89. The van der Waals surface area contributed by atoms with Crippen molar-refractivity contribution in [1.29, 1.82) is 0 Å². The summed E-state index contributed by atoms with van der Waals surface area (Å²) in [6.45, 7) is 5.65. The minimum Gasteiger partial charge on any atom is -0.457 e. The second-order valence-electron chi connectivity index (χ2n) is 6.90. The lowest BCUT2D eigenvalue weighted by molar-refractivity contribution is -0.384. The van der Waals surface area contributed by atoms with Crippen molar-refractivity contribution >= 4 is 28.9 Å². The van der Waals surface area contributed by atoms with Crippen LogP contribution in [0, 0.1) is 24.0 Å². The van der Waals surface area contributed by atoms with Crippen LogP contribution in [-0.4, -0.2) is 20.6 Å². The summed E-state index contributed by atoms with van der Waals surface area (Å²) in [7, 11) is 0. The Morgan fingerprint density at radius 1 is 1.30 bits per heavy atom. The summed E-state index contributed by atoms with van der Waals surface area (Å²) < 4.78 is 7.35. The highest BCUT2D eigenvalue weighted by molar-refractivity contribution is 6.30. The van der Waals surface area contributed by atoms with Crippen molar-refractivity contribution in [2.24, 2.45) is 0 Å². The largest absolute Gasteiger partial charge is 0.457 e. The van der Waals surface area contributed by atoms with Crippen LogP contribution in [0.25, 0.3) is 0 Å². The normalized spacial score (nSPS) is 11.7. The topological polar surface area (TPSA) is 99.3 Å². The van der Waals surface area contributed by atoms with Crippen molar-refractivity contribution < 1.29 is 14.5 Å². The highest BCUT2D eigenvalue weighted by Crippen LogP contribution is 2.32. The van der Waals surface area contributed by atoms with E-state index in [0.29, 0.717) is 17.2 Å². The number of nitrogens with one attached hydrogen (secondary N) is 1. The maximum absolute atomic E-state index is 12.8. The molecule has 0 fully saturated rings. The van der Waals surface area contributed by atoms with E-state index < -0.39 is 11.0 Å². The van der Waals surface area contributed by atoms with E-state index >= 15 is 0 Å². The number of nitro benzene ring substituents is 1. The smallest absolute Gasteiger partial charge is 0.275 e. The van der Waals surface area contributed by atoms with Gasteiger partial charge in [-0.2, -0.15) is 5.10 Å². The Hall–Kier alpha value is -3.39. The molecule has 1 atom stereocenters. The minimum atomic E-state index is -0.611. The molecule has 1 heterocycles. The van der Waals surface area contributed by atoms with E-state index in [9.17, 15) is 14.9 Å². The van der Waals surface area contributed by atoms with Crippen molar-refractivity contribution in [1.82, 2.24) is 9.78 Å². The Morgan fingerprint density at radius 2 is 2.07 bits per heavy atom. The molecule has 2 aromatic carbocycles. The van der Waals surface area contributed by atoms with Crippen LogP contribution in [0.3, 0.4) is 0 Å². The van der Waals surface area contributed by atoms with E-state index in [4.69, 9.17) is 16.3 Å². The Kier molecular flexibility index (Phi) is 6.37. The first kappa shape index (κ1) is 21.3. The lowest BCUT2D eigenvalue weighted by atomic mass is 10.1. The average Bonchev–Trinajstić information content (AvgIpc) is 3.11. The lowest BCUT2D eigenvalue weighted by Gasteiger charge is -2.16. The molecule has 0 spiro atoms. The van der Waals surface area contributed by atoms with E-state index in [1.807, 2.05) is 39.0 Å². The number of non-ortho nitro benzene ring substituents is 1. The van der Waals surface area contributed by atoms with Crippen LogP contribution in [-0.2, 0) is 4.79 Å². The number of halogens is 1. The molecule has 0 aliphatic rings. The number of ether oxygens (including phenoxy) is 1. The molecule has 1 unspecified atom stereocenters. The number of nitrogens with zero attached hydrogens (tertiary/aromatic N) is 3. The number of nitro groups is 1. The quantitative estimate of drug-likeness (QED) is 0.398. The number of benzene rings is 2. The van der Waals surface area contributed by atoms with Gasteiger partial charge in [0.1, 0.15) is 17.5 Å². The van der Waals surface area contributed by atoms with Gasteiger partial charge in [-0.3, -0.25) is 19.6 Å². The molecule has 3 rings (SSSR count). The number of carbonyl (C=O) groups excluding carboxylic acids is 1. The third kappa shape index (κ3) is 4.96. The molecule has 0 bridgehead atoms. The molecule has 0 aliphatic carbocycles. The van der Waals surface area contributed by atoms with Gasteiger partial charge in [-0.15, -0.1) is 0 Å². The summed E-state index contributed by atoms with van der Waals surface area (Å²) in [5.41, 5.74) is 1.95. The van der Waals surface area contributed by atoms with Gasteiger partial charge in [-0.05, 0) is 37.5 Å². The molecular formula is C21H21ClN4O4. The molecule has 1 aromatic heterocycles. The maximum Gasteiger partial charge on any atom is 0.275 e. The fourth-order valence-corrected chi connectivity index (χ4v) is 3.11. The number of amides is 1. The zero-order valence-electron chi connectivity index (χ0n) is 16.8. The number of rotatable bonds is 7. The van der Waals surface area contributed by atoms with Gasteiger partial charge in [-0.25, -0.2) is 0 Å². The Morgan fingerprint density at radius 3 is 2.70 bits per heavy atom. The molecule has 8 nitrogen and oxygen atoms in total. The molecule has 0 saturated carbocycles. The van der Waals surface area contributed by atoms with Crippen LogP contribution < -0.4 is 10.1 Å². The third-order valence-corrected chi connectivity index (χ3v) is 4.71. The van der Waals surface area contributed by atoms with Crippen LogP contribution in [0.4, 0.5) is 11.4 Å². The zero-order valence-corrected chi connectivity index (χ0v) is 17.5. The van der Waals surface area contributed by atoms with Crippen LogP contribution in [0.1, 0.15) is 30.5 Å². The van der Waals surface area contributed by atoms with Gasteiger partial charge < -0.3 is 10.1 Å². The number of hydrogen-bond donors (Lipinski definition) is 1. The van der Waals surface area contributed by atoms with E-state index in [0.717, 1.165) is 11.1 Å². The lowest BCUT2D eigenvalue weighted by Crippen LogP contribution is -2.26. The zero-order chi connectivity index (χ0) is 21.8. The van der Waals surface area contributed by atoms with Gasteiger partial charge >= 0.3 is 0 Å². The average molecular weight is 429 g/mol.